The lowest BCUT2D eigenvalue weighted by atomic mass is 10.1. The molecule has 2 aromatic carbocycles. The van der Waals surface area contributed by atoms with Crippen molar-refractivity contribution in [2.24, 2.45) is 0 Å². The summed E-state index contributed by atoms with van der Waals surface area (Å²) < 4.78 is 0. The molecule has 0 aliphatic rings. The first-order valence-electron chi connectivity index (χ1n) is 9.53. The van der Waals surface area contributed by atoms with E-state index in [0.717, 1.165) is 5.56 Å². The van der Waals surface area contributed by atoms with Crippen LogP contribution in [0.25, 0.3) is 0 Å². The molecule has 0 fully saturated rings. The van der Waals surface area contributed by atoms with Gasteiger partial charge in [0, 0.05) is 34.7 Å². The summed E-state index contributed by atoms with van der Waals surface area (Å²) in [5.41, 5.74) is 3.68. The minimum atomic E-state index is -0.547. The van der Waals surface area contributed by atoms with E-state index < -0.39 is 11.8 Å². The number of phenolic OH excluding ortho intramolecular Hbond substituents is 1. The molecule has 4 N–H and O–H groups in total. The molecule has 0 atom stereocenters. The topological polar surface area (TPSA) is 114 Å². The lowest BCUT2D eigenvalue weighted by Gasteiger charge is -2.22. The Balaban J connectivity index is 2.45. The van der Waals surface area contributed by atoms with Gasteiger partial charge in [0.1, 0.15) is 11.4 Å². The fraction of sp³-hybridized carbons (Fsp3) is 0.227. The number of allylic oxidation sites excluding steroid dienone is 1. The largest absolute Gasteiger partial charge is 0.505 e. The molecule has 0 aliphatic heterocycles. The number of rotatable bonds is 9. The number of anilines is 1. The molecule has 0 unspecified atom stereocenters. The molecule has 31 heavy (non-hydrogen) atoms. The summed E-state index contributed by atoms with van der Waals surface area (Å²) in [6.07, 6.45) is 0.526. The van der Waals surface area contributed by atoms with E-state index in [0.29, 0.717) is 12.8 Å². The van der Waals surface area contributed by atoms with Gasteiger partial charge in [-0.15, -0.1) is 0 Å². The van der Waals surface area contributed by atoms with Gasteiger partial charge in [-0.05, 0) is 17.7 Å². The number of aromatic hydroxyl groups is 1. The smallest absolute Gasteiger partial charge is 0.286 e. The SMILES string of the molecule is CNN(C)C(=O)/C(Nc1cccc(C(=O)N(C)C)c1O)=C(\C=O)NCc1ccccc1. The Morgan fingerprint density at radius 3 is 2.29 bits per heavy atom. The Labute approximate surface area is 181 Å². The summed E-state index contributed by atoms with van der Waals surface area (Å²) >= 11 is 0. The molecule has 0 radical (unpaired) electrons. The highest BCUT2D eigenvalue weighted by Gasteiger charge is 2.22. The maximum Gasteiger partial charge on any atom is 0.286 e. The van der Waals surface area contributed by atoms with Gasteiger partial charge in [0.2, 0.25) is 0 Å². The van der Waals surface area contributed by atoms with Gasteiger partial charge >= 0.3 is 0 Å². The number of amides is 2. The quantitative estimate of drug-likeness (QED) is 0.207. The molecule has 164 valence electrons. The number of carbonyl (C=O) groups excluding carboxylic acids is 3. The van der Waals surface area contributed by atoms with Crippen LogP contribution >= 0.6 is 0 Å². The van der Waals surface area contributed by atoms with Crippen molar-refractivity contribution in [2.75, 3.05) is 33.5 Å². The van der Waals surface area contributed by atoms with E-state index in [1.165, 1.54) is 29.1 Å². The Kier molecular flexibility index (Phi) is 8.16. The molecule has 0 saturated heterocycles. The number of carbonyl (C=O) groups is 3. The molecule has 0 bridgehead atoms. The number of aldehydes is 1. The van der Waals surface area contributed by atoms with Crippen molar-refractivity contribution in [3.8, 4) is 5.75 Å². The average Bonchev–Trinajstić information content (AvgIpc) is 2.78. The Morgan fingerprint density at radius 1 is 1.03 bits per heavy atom. The first-order chi connectivity index (χ1) is 14.8. The predicted molar refractivity (Wildman–Crippen MR) is 118 cm³/mol. The van der Waals surface area contributed by atoms with Crippen LogP contribution in [-0.4, -0.2) is 61.3 Å². The third kappa shape index (κ3) is 5.83. The second-order valence-corrected chi connectivity index (χ2v) is 6.86. The Bertz CT molecular complexity index is 973. The van der Waals surface area contributed by atoms with Gasteiger partial charge in [-0.25, -0.2) is 5.43 Å². The zero-order chi connectivity index (χ0) is 23.0. The lowest BCUT2D eigenvalue weighted by molar-refractivity contribution is -0.128. The summed E-state index contributed by atoms with van der Waals surface area (Å²) in [6.45, 7) is 0.307. The van der Waals surface area contributed by atoms with Gasteiger partial charge in [-0.2, -0.15) is 0 Å². The van der Waals surface area contributed by atoms with Gasteiger partial charge in [0.05, 0.1) is 11.3 Å². The molecular weight excluding hydrogens is 398 g/mol. The van der Waals surface area contributed by atoms with Gasteiger partial charge in [0.25, 0.3) is 11.8 Å². The van der Waals surface area contributed by atoms with Crippen molar-refractivity contribution in [2.45, 2.75) is 6.54 Å². The minimum Gasteiger partial charge on any atom is -0.505 e. The van der Waals surface area contributed by atoms with Crippen LogP contribution in [0.1, 0.15) is 15.9 Å². The highest BCUT2D eigenvalue weighted by Crippen LogP contribution is 2.29. The van der Waals surface area contributed by atoms with E-state index in [9.17, 15) is 19.5 Å². The van der Waals surface area contributed by atoms with E-state index in [-0.39, 0.29) is 28.4 Å². The first kappa shape index (κ1) is 23.4. The molecule has 9 nitrogen and oxygen atoms in total. The standard InChI is InChI=1S/C22H27N5O4/c1-23-27(4)22(31)19(18(14-28)24-13-15-9-6-5-7-10-15)25-17-12-8-11-16(20(17)29)21(30)26(2)3/h5-12,14,23-25,29H,13H2,1-4H3/b19-18-. The zero-order valence-corrected chi connectivity index (χ0v) is 18.0. The number of likely N-dealkylation sites (N-methyl/N-ethyl adjacent to an activating group) is 1. The number of para-hydroxylation sites is 1. The monoisotopic (exact) mass is 425 g/mol. The van der Waals surface area contributed by atoms with Gasteiger partial charge in [0.15, 0.2) is 12.0 Å². The molecular formula is C22H27N5O4. The van der Waals surface area contributed by atoms with E-state index in [1.807, 2.05) is 30.3 Å². The van der Waals surface area contributed by atoms with Gasteiger partial charge in [-0.1, -0.05) is 36.4 Å². The second-order valence-electron chi connectivity index (χ2n) is 6.86. The Morgan fingerprint density at radius 2 is 1.71 bits per heavy atom. The fourth-order valence-electron chi connectivity index (χ4n) is 2.68. The molecule has 0 heterocycles. The van der Waals surface area contributed by atoms with Crippen molar-refractivity contribution in [3.05, 3.63) is 71.1 Å². The highest BCUT2D eigenvalue weighted by atomic mass is 16.3. The van der Waals surface area contributed by atoms with Crippen LogP contribution in [-0.2, 0) is 16.1 Å². The number of benzene rings is 2. The number of hydrazine groups is 1. The van der Waals surface area contributed by atoms with Crippen LogP contribution in [0.4, 0.5) is 5.69 Å². The third-order valence-corrected chi connectivity index (χ3v) is 4.50. The summed E-state index contributed by atoms with van der Waals surface area (Å²) in [5.74, 6) is -1.27. The second kappa shape index (κ2) is 10.8. The van der Waals surface area contributed by atoms with Crippen LogP contribution in [0.3, 0.4) is 0 Å². The number of phenols is 1. The summed E-state index contributed by atoms with van der Waals surface area (Å²) in [4.78, 5) is 38.4. The van der Waals surface area contributed by atoms with Crippen LogP contribution in [0.15, 0.2) is 59.9 Å². The van der Waals surface area contributed by atoms with Gasteiger partial charge < -0.3 is 20.6 Å². The third-order valence-electron chi connectivity index (χ3n) is 4.50. The number of nitrogens with zero attached hydrogens (tertiary/aromatic N) is 2. The van der Waals surface area contributed by atoms with Crippen LogP contribution in [0, 0.1) is 0 Å². The molecule has 0 aromatic heterocycles. The average molecular weight is 425 g/mol. The molecule has 0 spiro atoms. The first-order valence-corrected chi connectivity index (χ1v) is 9.53. The van der Waals surface area contributed by atoms with E-state index in [2.05, 4.69) is 16.1 Å². The van der Waals surface area contributed by atoms with E-state index in [4.69, 9.17) is 0 Å². The molecule has 0 aliphatic carbocycles. The maximum atomic E-state index is 12.9. The number of hydrogen-bond donors (Lipinski definition) is 4. The van der Waals surface area contributed by atoms with E-state index >= 15 is 0 Å². The molecule has 9 heteroatoms. The summed E-state index contributed by atoms with van der Waals surface area (Å²) in [5, 5.41) is 17.6. The fourth-order valence-corrected chi connectivity index (χ4v) is 2.68. The minimum absolute atomic E-state index is 0.000285. The maximum absolute atomic E-state index is 12.9. The van der Waals surface area contributed by atoms with Crippen molar-refractivity contribution in [1.82, 2.24) is 20.7 Å². The van der Waals surface area contributed by atoms with Gasteiger partial charge in [-0.3, -0.25) is 19.4 Å². The number of hydrogen-bond acceptors (Lipinski definition) is 7. The van der Waals surface area contributed by atoms with Crippen LogP contribution in [0.2, 0.25) is 0 Å². The zero-order valence-electron chi connectivity index (χ0n) is 18.0. The normalized spacial score (nSPS) is 11.2. The van der Waals surface area contributed by atoms with E-state index in [1.54, 1.807) is 27.2 Å². The summed E-state index contributed by atoms with van der Waals surface area (Å²) in [7, 11) is 6.18. The summed E-state index contributed by atoms with van der Waals surface area (Å²) in [6, 6.07) is 13.9. The molecule has 2 amide bonds. The van der Waals surface area contributed by atoms with Crippen molar-refractivity contribution in [3.63, 3.8) is 0 Å². The molecule has 0 saturated carbocycles. The lowest BCUT2D eigenvalue weighted by Crippen LogP contribution is -2.40. The number of nitrogens with one attached hydrogen (secondary N) is 3. The highest BCUT2D eigenvalue weighted by molar-refractivity contribution is 6.03. The molecule has 2 aromatic rings. The van der Waals surface area contributed by atoms with Crippen LogP contribution in [0.5, 0.6) is 5.75 Å². The van der Waals surface area contributed by atoms with Crippen LogP contribution < -0.4 is 16.1 Å². The van der Waals surface area contributed by atoms with Crippen molar-refractivity contribution >= 4 is 23.8 Å². The molecule has 2 rings (SSSR count). The van der Waals surface area contributed by atoms with Crippen molar-refractivity contribution in [1.29, 1.82) is 0 Å². The van der Waals surface area contributed by atoms with Crippen molar-refractivity contribution < 1.29 is 19.5 Å². The predicted octanol–water partition coefficient (Wildman–Crippen LogP) is 1.30. The Hall–Kier alpha value is -3.85.